The molecule has 1 aliphatic rings. The molecule has 1 heterocycles. The van der Waals surface area contributed by atoms with Crippen LogP contribution in [-0.4, -0.2) is 47.0 Å². The van der Waals surface area contributed by atoms with E-state index in [1.54, 1.807) is 0 Å². The summed E-state index contributed by atoms with van der Waals surface area (Å²) in [6.07, 6.45) is 9.51. The maximum atomic E-state index is 10.3. The van der Waals surface area contributed by atoms with Crippen LogP contribution in [-0.2, 0) is 0 Å². The van der Waals surface area contributed by atoms with Gasteiger partial charge < -0.3 is 15.1 Å². The van der Waals surface area contributed by atoms with Gasteiger partial charge >= 0.3 is 0 Å². The molecule has 1 aliphatic heterocycles. The first-order valence-corrected chi connectivity index (χ1v) is 9.95. The van der Waals surface area contributed by atoms with Crippen LogP contribution in [0.2, 0.25) is 0 Å². The van der Waals surface area contributed by atoms with Crippen LogP contribution < -0.4 is 0 Å². The molecular weight excluding hydrogens is 310 g/mol. The standard InChI is InChI=1S/C22H35NO2/c1-3-8-20(24)14-12-19-9-4-5-10-22(19)18(2)11-13-21(25)17-23-15-6-7-16-23/h4-5,9-10,12,14,18,20-21,24-25H,3,6-8,11,13,15-17H2,1-2H3/b14-12+. The van der Waals surface area contributed by atoms with Crippen LogP contribution in [0.3, 0.4) is 0 Å². The van der Waals surface area contributed by atoms with Gasteiger partial charge in [-0.05, 0) is 62.2 Å². The van der Waals surface area contributed by atoms with E-state index < -0.39 is 0 Å². The predicted molar refractivity (Wildman–Crippen MR) is 106 cm³/mol. The Labute approximate surface area is 153 Å². The highest BCUT2D eigenvalue weighted by Gasteiger charge is 2.17. The van der Waals surface area contributed by atoms with Crippen molar-refractivity contribution in [3.05, 3.63) is 41.5 Å². The van der Waals surface area contributed by atoms with E-state index in [0.29, 0.717) is 5.92 Å². The van der Waals surface area contributed by atoms with E-state index in [-0.39, 0.29) is 12.2 Å². The summed E-state index contributed by atoms with van der Waals surface area (Å²) in [5.74, 6) is 0.400. The van der Waals surface area contributed by atoms with Crippen LogP contribution in [0.1, 0.15) is 69.4 Å². The minimum atomic E-state index is -0.365. The van der Waals surface area contributed by atoms with Gasteiger partial charge in [0, 0.05) is 6.54 Å². The summed E-state index contributed by atoms with van der Waals surface area (Å²) in [7, 11) is 0. The van der Waals surface area contributed by atoms with Crippen molar-refractivity contribution in [3.63, 3.8) is 0 Å². The fourth-order valence-corrected chi connectivity index (χ4v) is 3.67. The summed E-state index contributed by atoms with van der Waals surface area (Å²) >= 11 is 0. The number of β-amino-alcohol motifs (C(OH)–C–C–N with tert-alkyl or cyclic N) is 1. The lowest BCUT2D eigenvalue weighted by Crippen LogP contribution is -2.30. The molecule has 3 heteroatoms. The van der Waals surface area contributed by atoms with Crippen molar-refractivity contribution in [2.24, 2.45) is 0 Å². The predicted octanol–water partition coefficient (Wildman–Crippen LogP) is 4.20. The van der Waals surface area contributed by atoms with E-state index in [2.05, 4.69) is 36.9 Å². The fourth-order valence-electron chi connectivity index (χ4n) is 3.67. The van der Waals surface area contributed by atoms with E-state index in [0.717, 1.165) is 45.3 Å². The molecular formula is C22H35NO2. The molecule has 0 bridgehead atoms. The number of benzene rings is 1. The van der Waals surface area contributed by atoms with Gasteiger partial charge in [-0.15, -0.1) is 0 Å². The average Bonchev–Trinajstić information content (AvgIpc) is 3.11. The van der Waals surface area contributed by atoms with Gasteiger partial charge in [0.1, 0.15) is 0 Å². The third-order valence-corrected chi connectivity index (χ3v) is 5.21. The zero-order chi connectivity index (χ0) is 18.1. The van der Waals surface area contributed by atoms with Gasteiger partial charge in [0.05, 0.1) is 12.2 Å². The molecule has 0 spiro atoms. The van der Waals surface area contributed by atoms with Gasteiger partial charge in [-0.2, -0.15) is 0 Å². The Morgan fingerprint density at radius 3 is 2.52 bits per heavy atom. The van der Waals surface area contributed by atoms with Gasteiger partial charge in [-0.25, -0.2) is 0 Å². The summed E-state index contributed by atoms with van der Waals surface area (Å²) in [6.45, 7) is 7.41. The fraction of sp³-hybridized carbons (Fsp3) is 0.636. The second kappa shape index (κ2) is 10.7. The summed E-state index contributed by atoms with van der Waals surface area (Å²) in [5, 5.41) is 20.2. The Morgan fingerprint density at radius 2 is 1.80 bits per heavy atom. The Bertz CT molecular complexity index is 523. The average molecular weight is 346 g/mol. The minimum Gasteiger partial charge on any atom is -0.392 e. The van der Waals surface area contributed by atoms with E-state index in [1.165, 1.54) is 24.0 Å². The maximum absolute atomic E-state index is 10.3. The lowest BCUT2D eigenvalue weighted by atomic mass is 9.90. The maximum Gasteiger partial charge on any atom is 0.0724 e. The molecule has 2 rings (SSSR count). The topological polar surface area (TPSA) is 43.7 Å². The SMILES string of the molecule is CCCC(O)/C=C/c1ccccc1C(C)CCC(O)CN1CCCC1. The quantitative estimate of drug-likeness (QED) is 0.668. The van der Waals surface area contributed by atoms with Gasteiger partial charge in [0.15, 0.2) is 0 Å². The third kappa shape index (κ3) is 6.93. The number of likely N-dealkylation sites (tertiary alicyclic amines) is 1. The first-order valence-electron chi connectivity index (χ1n) is 9.95. The number of rotatable bonds is 10. The van der Waals surface area contributed by atoms with Gasteiger partial charge in [-0.3, -0.25) is 0 Å². The van der Waals surface area contributed by atoms with Crippen LogP contribution in [0.15, 0.2) is 30.3 Å². The molecule has 0 amide bonds. The number of hydrogen-bond acceptors (Lipinski definition) is 3. The third-order valence-electron chi connectivity index (χ3n) is 5.21. The van der Waals surface area contributed by atoms with Crippen molar-refractivity contribution in [1.82, 2.24) is 4.90 Å². The van der Waals surface area contributed by atoms with Gasteiger partial charge in [0.2, 0.25) is 0 Å². The van der Waals surface area contributed by atoms with Crippen molar-refractivity contribution in [2.75, 3.05) is 19.6 Å². The van der Waals surface area contributed by atoms with E-state index in [9.17, 15) is 10.2 Å². The summed E-state index contributed by atoms with van der Waals surface area (Å²) in [6, 6.07) is 8.40. The number of hydrogen-bond donors (Lipinski definition) is 2. The number of aliphatic hydroxyl groups excluding tert-OH is 2. The van der Waals surface area contributed by atoms with Crippen molar-refractivity contribution in [1.29, 1.82) is 0 Å². The van der Waals surface area contributed by atoms with E-state index in [4.69, 9.17) is 0 Å². The van der Waals surface area contributed by atoms with Gasteiger partial charge in [-0.1, -0.05) is 56.7 Å². The zero-order valence-electron chi connectivity index (χ0n) is 15.9. The van der Waals surface area contributed by atoms with Crippen LogP contribution in [0.5, 0.6) is 0 Å². The highest BCUT2D eigenvalue weighted by molar-refractivity contribution is 5.55. The Balaban J connectivity index is 1.88. The molecule has 1 fully saturated rings. The minimum absolute atomic E-state index is 0.227. The zero-order valence-corrected chi connectivity index (χ0v) is 15.9. The van der Waals surface area contributed by atoms with Crippen molar-refractivity contribution in [3.8, 4) is 0 Å². The molecule has 1 saturated heterocycles. The van der Waals surface area contributed by atoms with Gasteiger partial charge in [0.25, 0.3) is 0 Å². The first-order chi connectivity index (χ1) is 12.1. The molecule has 140 valence electrons. The normalized spacial score (nSPS) is 19.4. The molecule has 3 nitrogen and oxygen atoms in total. The molecule has 0 aromatic heterocycles. The molecule has 1 aromatic carbocycles. The van der Waals surface area contributed by atoms with E-state index >= 15 is 0 Å². The first kappa shape index (κ1) is 20.2. The molecule has 0 aliphatic carbocycles. The Morgan fingerprint density at radius 1 is 1.08 bits per heavy atom. The second-order valence-corrected chi connectivity index (χ2v) is 7.48. The van der Waals surface area contributed by atoms with Crippen molar-refractivity contribution in [2.45, 2.75) is 70.5 Å². The van der Waals surface area contributed by atoms with E-state index in [1.807, 2.05) is 18.2 Å². The van der Waals surface area contributed by atoms with Crippen LogP contribution >= 0.6 is 0 Å². The summed E-state index contributed by atoms with van der Waals surface area (Å²) in [5.41, 5.74) is 2.48. The molecule has 0 saturated carbocycles. The van der Waals surface area contributed by atoms with Crippen LogP contribution in [0, 0.1) is 0 Å². The largest absolute Gasteiger partial charge is 0.392 e. The smallest absolute Gasteiger partial charge is 0.0724 e. The summed E-state index contributed by atoms with van der Waals surface area (Å²) in [4.78, 5) is 2.38. The Kier molecular flexibility index (Phi) is 8.66. The molecule has 2 N–H and O–H groups in total. The van der Waals surface area contributed by atoms with Crippen molar-refractivity contribution >= 4 is 6.08 Å². The number of nitrogens with zero attached hydrogens (tertiary/aromatic N) is 1. The molecule has 3 unspecified atom stereocenters. The number of aliphatic hydroxyl groups is 2. The molecule has 25 heavy (non-hydrogen) atoms. The molecule has 1 aromatic rings. The molecule has 0 radical (unpaired) electrons. The monoisotopic (exact) mass is 345 g/mol. The lowest BCUT2D eigenvalue weighted by Gasteiger charge is -2.21. The van der Waals surface area contributed by atoms with Crippen LogP contribution in [0.25, 0.3) is 6.08 Å². The van der Waals surface area contributed by atoms with Crippen LogP contribution in [0.4, 0.5) is 0 Å². The second-order valence-electron chi connectivity index (χ2n) is 7.48. The lowest BCUT2D eigenvalue weighted by molar-refractivity contribution is 0.113. The highest BCUT2D eigenvalue weighted by atomic mass is 16.3. The highest BCUT2D eigenvalue weighted by Crippen LogP contribution is 2.26. The molecule has 3 atom stereocenters. The van der Waals surface area contributed by atoms with Crippen molar-refractivity contribution < 1.29 is 10.2 Å². The summed E-state index contributed by atoms with van der Waals surface area (Å²) < 4.78 is 0. The Hall–Kier alpha value is -1.16.